The fourth-order valence-electron chi connectivity index (χ4n) is 4.23. The van der Waals surface area contributed by atoms with E-state index in [0.717, 1.165) is 40.1 Å². The summed E-state index contributed by atoms with van der Waals surface area (Å²) < 4.78 is 0.874. The summed E-state index contributed by atoms with van der Waals surface area (Å²) in [6.45, 7) is 4.83. The first-order valence-corrected chi connectivity index (χ1v) is 14.5. The first-order chi connectivity index (χ1) is 18.4. The summed E-state index contributed by atoms with van der Waals surface area (Å²) in [6, 6.07) is 23.2. The van der Waals surface area contributed by atoms with Gasteiger partial charge in [-0.05, 0) is 49.4 Å². The maximum absolute atomic E-state index is 12.8. The molecule has 1 N–H and O–H groups in total. The Morgan fingerprint density at radius 3 is 2.45 bits per heavy atom. The first-order valence-electron chi connectivity index (χ1n) is 12.3. The third-order valence-corrected chi connectivity index (χ3v) is 8.57. The predicted octanol–water partition coefficient (Wildman–Crippen LogP) is 6.47. The van der Waals surface area contributed by atoms with E-state index in [1.165, 1.54) is 17.3 Å². The maximum atomic E-state index is 12.8. The van der Waals surface area contributed by atoms with Crippen molar-refractivity contribution in [3.63, 3.8) is 0 Å². The summed E-state index contributed by atoms with van der Waals surface area (Å²) in [4.78, 5) is 34.0. The van der Waals surface area contributed by atoms with E-state index in [1.807, 2.05) is 34.5 Å². The molecule has 5 rings (SSSR count). The molecule has 9 heteroatoms. The number of nitrogens with one attached hydrogen (secondary N) is 1. The van der Waals surface area contributed by atoms with Crippen molar-refractivity contribution in [1.82, 2.24) is 9.88 Å². The van der Waals surface area contributed by atoms with Gasteiger partial charge in [-0.25, -0.2) is 4.98 Å². The van der Waals surface area contributed by atoms with Gasteiger partial charge in [-0.1, -0.05) is 59.3 Å². The first kappa shape index (κ1) is 26.3. The number of hydrogen-bond acceptors (Lipinski definition) is 6. The van der Waals surface area contributed by atoms with Gasteiger partial charge in [0.2, 0.25) is 5.91 Å². The average molecular weight is 563 g/mol. The van der Waals surface area contributed by atoms with Crippen LogP contribution in [0.5, 0.6) is 0 Å². The van der Waals surface area contributed by atoms with Gasteiger partial charge in [0.15, 0.2) is 4.34 Å². The van der Waals surface area contributed by atoms with Gasteiger partial charge in [0, 0.05) is 59.1 Å². The number of thioether (sulfide) groups is 1. The van der Waals surface area contributed by atoms with Crippen molar-refractivity contribution in [2.24, 2.45) is 0 Å². The van der Waals surface area contributed by atoms with E-state index in [2.05, 4.69) is 46.4 Å². The minimum atomic E-state index is -0.0667. The normalized spacial score (nSPS) is 13.4. The summed E-state index contributed by atoms with van der Waals surface area (Å²) in [6.07, 6.45) is 0. The van der Waals surface area contributed by atoms with Gasteiger partial charge in [0.25, 0.3) is 5.91 Å². The van der Waals surface area contributed by atoms with Crippen LogP contribution in [0.3, 0.4) is 0 Å². The van der Waals surface area contributed by atoms with Crippen LogP contribution >= 0.6 is 34.7 Å². The largest absolute Gasteiger partial charge is 0.368 e. The summed E-state index contributed by atoms with van der Waals surface area (Å²) in [5.41, 5.74) is 5.67. The minimum Gasteiger partial charge on any atom is -0.368 e. The molecule has 1 aliphatic rings. The summed E-state index contributed by atoms with van der Waals surface area (Å²) >= 11 is 9.03. The third kappa shape index (κ3) is 6.56. The van der Waals surface area contributed by atoms with Gasteiger partial charge >= 0.3 is 0 Å². The van der Waals surface area contributed by atoms with Gasteiger partial charge < -0.3 is 15.1 Å². The lowest BCUT2D eigenvalue weighted by Gasteiger charge is -2.36. The van der Waals surface area contributed by atoms with Gasteiger partial charge in [-0.15, -0.1) is 11.3 Å². The van der Waals surface area contributed by atoms with Crippen LogP contribution in [-0.4, -0.2) is 53.6 Å². The van der Waals surface area contributed by atoms with Crippen LogP contribution in [0, 0.1) is 6.92 Å². The van der Waals surface area contributed by atoms with Crippen LogP contribution in [0.1, 0.15) is 15.9 Å². The number of nitrogens with zero attached hydrogens (tertiary/aromatic N) is 3. The molecule has 0 atom stereocenters. The van der Waals surface area contributed by atoms with Crippen molar-refractivity contribution in [3.8, 4) is 11.3 Å². The Morgan fingerprint density at radius 1 is 1.00 bits per heavy atom. The number of benzene rings is 3. The standard InChI is InChI=1S/C29H27ClN4O2S2/c1-20-5-7-21(8-6-20)26-18-37-29(32-26)38-19-27(35)31-24-9-11-25(12-10-24)33-13-15-34(16-14-33)28(36)22-3-2-4-23(30)17-22/h2-12,17-18H,13-16,19H2,1H3,(H,31,35). The fraction of sp³-hybridized carbons (Fsp3) is 0.207. The molecule has 0 bridgehead atoms. The molecule has 38 heavy (non-hydrogen) atoms. The lowest BCUT2D eigenvalue weighted by Crippen LogP contribution is -2.48. The van der Waals surface area contributed by atoms with E-state index in [4.69, 9.17) is 11.6 Å². The van der Waals surface area contributed by atoms with Crippen LogP contribution in [0.2, 0.25) is 5.02 Å². The Balaban J connectivity index is 1.09. The van der Waals surface area contributed by atoms with Crippen LogP contribution in [0.25, 0.3) is 11.3 Å². The molecule has 0 saturated carbocycles. The molecule has 1 aliphatic heterocycles. The van der Waals surface area contributed by atoms with E-state index in [1.54, 1.807) is 35.6 Å². The highest BCUT2D eigenvalue weighted by Crippen LogP contribution is 2.29. The van der Waals surface area contributed by atoms with Crippen LogP contribution in [-0.2, 0) is 4.79 Å². The van der Waals surface area contributed by atoms with E-state index >= 15 is 0 Å². The van der Waals surface area contributed by atoms with E-state index in [0.29, 0.717) is 29.4 Å². The number of thiazole rings is 1. The maximum Gasteiger partial charge on any atom is 0.254 e. The van der Waals surface area contributed by atoms with Crippen molar-refractivity contribution in [1.29, 1.82) is 0 Å². The molecule has 0 radical (unpaired) electrons. The van der Waals surface area contributed by atoms with Crippen molar-refractivity contribution in [2.45, 2.75) is 11.3 Å². The Bertz CT molecular complexity index is 1420. The molecule has 1 fully saturated rings. The van der Waals surface area contributed by atoms with E-state index < -0.39 is 0 Å². The average Bonchev–Trinajstić information content (AvgIpc) is 3.42. The highest BCUT2D eigenvalue weighted by atomic mass is 35.5. The summed E-state index contributed by atoms with van der Waals surface area (Å²) in [5.74, 6) is 0.237. The number of anilines is 2. The molecule has 4 aromatic rings. The molecule has 1 aromatic heterocycles. The monoisotopic (exact) mass is 562 g/mol. The highest BCUT2D eigenvalue weighted by molar-refractivity contribution is 8.01. The second-order valence-corrected chi connectivity index (χ2v) is 11.6. The van der Waals surface area contributed by atoms with Gasteiger partial charge in [-0.3, -0.25) is 9.59 Å². The van der Waals surface area contributed by atoms with Gasteiger partial charge in [0.1, 0.15) is 0 Å². The Labute approximate surface area is 235 Å². The molecule has 194 valence electrons. The summed E-state index contributed by atoms with van der Waals surface area (Å²) in [7, 11) is 0. The molecular formula is C29H27ClN4O2S2. The number of hydrogen-bond donors (Lipinski definition) is 1. The minimum absolute atomic E-state index is 0.00667. The number of amides is 2. The fourth-order valence-corrected chi connectivity index (χ4v) is 6.06. The molecule has 3 aromatic carbocycles. The second kappa shape index (κ2) is 12.0. The van der Waals surface area contributed by atoms with Crippen LogP contribution in [0.4, 0.5) is 11.4 Å². The number of piperazine rings is 1. The molecule has 0 aliphatic carbocycles. The third-order valence-electron chi connectivity index (χ3n) is 6.31. The topological polar surface area (TPSA) is 65.5 Å². The Morgan fingerprint density at radius 2 is 1.74 bits per heavy atom. The quantitative estimate of drug-likeness (QED) is 0.262. The van der Waals surface area contributed by atoms with E-state index in [-0.39, 0.29) is 11.8 Å². The SMILES string of the molecule is Cc1ccc(-c2csc(SCC(=O)Nc3ccc(N4CCN(C(=O)c5cccc(Cl)c5)CC4)cc3)n2)cc1. The number of aromatic nitrogens is 1. The Hall–Kier alpha value is -3.33. The molecular weight excluding hydrogens is 536 g/mol. The van der Waals surface area contributed by atoms with Gasteiger partial charge in [-0.2, -0.15) is 0 Å². The molecule has 0 unspecified atom stereocenters. The van der Waals surface area contributed by atoms with Crippen molar-refractivity contribution in [3.05, 3.63) is 94.3 Å². The van der Waals surface area contributed by atoms with Crippen molar-refractivity contribution in [2.75, 3.05) is 42.1 Å². The number of halogens is 1. The molecule has 1 saturated heterocycles. The number of carbonyl (C=O) groups excluding carboxylic acids is 2. The highest BCUT2D eigenvalue weighted by Gasteiger charge is 2.22. The second-order valence-electron chi connectivity index (χ2n) is 9.04. The Kier molecular flexibility index (Phi) is 8.32. The molecule has 0 spiro atoms. The molecule has 6 nitrogen and oxygen atoms in total. The zero-order valence-electron chi connectivity index (χ0n) is 20.9. The number of carbonyl (C=O) groups is 2. The van der Waals surface area contributed by atoms with E-state index in [9.17, 15) is 9.59 Å². The van der Waals surface area contributed by atoms with Gasteiger partial charge in [0.05, 0.1) is 11.4 Å². The van der Waals surface area contributed by atoms with Crippen molar-refractivity contribution >= 4 is 57.9 Å². The lowest BCUT2D eigenvalue weighted by atomic mass is 10.1. The smallest absolute Gasteiger partial charge is 0.254 e. The van der Waals surface area contributed by atoms with Crippen LogP contribution < -0.4 is 10.2 Å². The zero-order valence-corrected chi connectivity index (χ0v) is 23.3. The lowest BCUT2D eigenvalue weighted by molar-refractivity contribution is -0.113. The molecule has 2 heterocycles. The zero-order chi connectivity index (χ0) is 26.5. The van der Waals surface area contributed by atoms with Crippen molar-refractivity contribution < 1.29 is 9.59 Å². The number of rotatable bonds is 7. The van der Waals surface area contributed by atoms with Crippen LogP contribution in [0.15, 0.2) is 82.5 Å². The predicted molar refractivity (Wildman–Crippen MR) is 158 cm³/mol. The molecule has 2 amide bonds. The summed E-state index contributed by atoms with van der Waals surface area (Å²) in [5, 5.41) is 5.56. The number of aryl methyl sites for hydroxylation is 1.